The predicted octanol–water partition coefficient (Wildman–Crippen LogP) is 6.14. The molecule has 22 heavy (non-hydrogen) atoms. The highest BCUT2D eigenvalue weighted by Gasteiger charge is 2.14. The predicted molar refractivity (Wildman–Crippen MR) is 94.1 cm³/mol. The van der Waals surface area contributed by atoms with Gasteiger partial charge in [-0.05, 0) is 33.1 Å². The van der Waals surface area contributed by atoms with Gasteiger partial charge in [-0.2, -0.15) is 0 Å². The van der Waals surface area contributed by atoms with Gasteiger partial charge in [-0.1, -0.05) is 78.9 Å². The van der Waals surface area contributed by atoms with Crippen LogP contribution in [0.3, 0.4) is 0 Å². The average Bonchev–Trinajstić information content (AvgIpc) is 2.57. The minimum absolute atomic E-state index is 0.237. The summed E-state index contributed by atoms with van der Waals surface area (Å²) in [6.07, 6.45) is 0. The normalized spacial score (nSPS) is 10.3. The van der Waals surface area contributed by atoms with Crippen LogP contribution in [-0.2, 0) is 0 Å². The summed E-state index contributed by atoms with van der Waals surface area (Å²) >= 11 is 3.62. The zero-order valence-corrected chi connectivity index (χ0v) is 13.4. The van der Waals surface area contributed by atoms with Crippen molar-refractivity contribution in [2.45, 2.75) is 0 Å². The average molecular weight is 353 g/mol. The lowest BCUT2D eigenvalue weighted by Gasteiger charge is -2.13. The van der Waals surface area contributed by atoms with E-state index in [1.807, 2.05) is 66.7 Å². The summed E-state index contributed by atoms with van der Waals surface area (Å²) in [7, 11) is 0. The summed E-state index contributed by atoms with van der Waals surface area (Å²) in [6.45, 7) is 0. The molecule has 0 aliphatic carbocycles. The van der Waals surface area contributed by atoms with Crippen molar-refractivity contribution in [3.8, 4) is 0 Å². The number of hydrogen-bond donors (Lipinski definition) is 0. The molecular formula is C20H14BrF. The van der Waals surface area contributed by atoms with Crippen molar-refractivity contribution < 1.29 is 4.39 Å². The Balaban J connectivity index is 2.26. The maximum absolute atomic E-state index is 14.2. The van der Waals surface area contributed by atoms with E-state index in [1.165, 1.54) is 6.07 Å². The van der Waals surface area contributed by atoms with Crippen LogP contribution in [-0.4, -0.2) is 0 Å². The van der Waals surface area contributed by atoms with Crippen LogP contribution in [0.4, 0.5) is 4.39 Å². The van der Waals surface area contributed by atoms with E-state index in [0.717, 1.165) is 21.2 Å². The van der Waals surface area contributed by atoms with Gasteiger partial charge in [-0.15, -0.1) is 0 Å². The van der Waals surface area contributed by atoms with Crippen LogP contribution in [0, 0.1) is 5.82 Å². The van der Waals surface area contributed by atoms with Crippen molar-refractivity contribution in [2.24, 2.45) is 0 Å². The van der Waals surface area contributed by atoms with Crippen molar-refractivity contribution in [1.29, 1.82) is 0 Å². The highest BCUT2D eigenvalue weighted by Crippen LogP contribution is 2.36. The van der Waals surface area contributed by atoms with E-state index in [4.69, 9.17) is 0 Å². The molecule has 0 N–H and O–H groups in total. The third-order valence-electron chi connectivity index (χ3n) is 3.45. The molecule has 0 spiro atoms. The molecule has 0 bridgehead atoms. The van der Waals surface area contributed by atoms with E-state index in [9.17, 15) is 4.39 Å². The zero-order chi connectivity index (χ0) is 15.4. The summed E-state index contributed by atoms with van der Waals surface area (Å²) in [5.74, 6) is -0.237. The Morgan fingerprint density at radius 2 is 1.09 bits per heavy atom. The molecule has 0 aliphatic rings. The van der Waals surface area contributed by atoms with E-state index in [1.54, 1.807) is 12.1 Å². The Hall–Kier alpha value is -2.19. The molecule has 0 saturated carbocycles. The highest BCUT2D eigenvalue weighted by molar-refractivity contribution is 9.15. The molecule has 0 saturated heterocycles. The van der Waals surface area contributed by atoms with Gasteiger partial charge in [-0.25, -0.2) is 4.39 Å². The van der Waals surface area contributed by atoms with Crippen molar-refractivity contribution in [3.63, 3.8) is 0 Å². The molecule has 0 atom stereocenters. The highest BCUT2D eigenvalue weighted by atomic mass is 79.9. The molecule has 0 fully saturated rings. The van der Waals surface area contributed by atoms with E-state index >= 15 is 0 Å². The van der Waals surface area contributed by atoms with Crippen LogP contribution in [0.25, 0.3) is 10.1 Å². The van der Waals surface area contributed by atoms with E-state index in [-0.39, 0.29) is 5.82 Å². The molecule has 0 heterocycles. The molecule has 3 rings (SSSR count). The molecule has 0 nitrogen and oxygen atoms in total. The van der Waals surface area contributed by atoms with Crippen LogP contribution in [0.1, 0.15) is 16.7 Å². The molecule has 0 aliphatic heterocycles. The van der Waals surface area contributed by atoms with Crippen molar-refractivity contribution in [2.75, 3.05) is 0 Å². The summed E-state index contributed by atoms with van der Waals surface area (Å²) in [4.78, 5) is 0. The monoisotopic (exact) mass is 352 g/mol. The maximum Gasteiger partial charge on any atom is 0.131 e. The molecule has 0 amide bonds. The smallest absolute Gasteiger partial charge is 0.131 e. The second-order valence-corrected chi connectivity index (χ2v) is 5.69. The second-order valence-electron chi connectivity index (χ2n) is 4.90. The fourth-order valence-electron chi connectivity index (χ4n) is 2.40. The molecular weight excluding hydrogens is 339 g/mol. The quantitative estimate of drug-likeness (QED) is 0.497. The van der Waals surface area contributed by atoms with Gasteiger partial charge in [0.15, 0.2) is 0 Å². The Morgan fingerprint density at radius 3 is 1.59 bits per heavy atom. The van der Waals surface area contributed by atoms with Gasteiger partial charge in [0, 0.05) is 15.6 Å². The summed E-state index contributed by atoms with van der Waals surface area (Å²) in [5.41, 5.74) is 3.63. The van der Waals surface area contributed by atoms with Crippen LogP contribution in [0.15, 0.2) is 84.9 Å². The first-order valence-corrected chi connectivity index (χ1v) is 7.82. The van der Waals surface area contributed by atoms with Crippen LogP contribution in [0.5, 0.6) is 0 Å². The lowest BCUT2D eigenvalue weighted by Crippen LogP contribution is -1.93. The lowest BCUT2D eigenvalue weighted by atomic mass is 9.95. The molecule has 3 aromatic carbocycles. The first-order chi connectivity index (χ1) is 10.8. The molecule has 2 heteroatoms. The number of rotatable bonds is 3. The van der Waals surface area contributed by atoms with Gasteiger partial charge < -0.3 is 0 Å². The van der Waals surface area contributed by atoms with Crippen molar-refractivity contribution >= 4 is 26.0 Å². The Morgan fingerprint density at radius 1 is 0.636 bits per heavy atom. The van der Waals surface area contributed by atoms with E-state index < -0.39 is 0 Å². The van der Waals surface area contributed by atoms with Crippen molar-refractivity contribution in [1.82, 2.24) is 0 Å². The summed E-state index contributed by atoms with van der Waals surface area (Å²) in [6, 6.07) is 26.8. The number of hydrogen-bond acceptors (Lipinski definition) is 0. The SMILES string of the molecule is Fc1ccccc1C(Br)=C(c1ccccc1)c1ccccc1. The number of halogens is 2. The topological polar surface area (TPSA) is 0 Å². The van der Waals surface area contributed by atoms with Gasteiger partial charge in [0.1, 0.15) is 5.82 Å². The molecule has 108 valence electrons. The molecule has 0 unspecified atom stereocenters. The Labute approximate surface area is 138 Å². The molecule has 0 aromatic heterocycles. The summed E-state index contributed by atoms with van der Waals surface area (Å²) < 4.78 is 14.9. The minimum atomic E-state index is -0.237. The third-order valence-corrected chi connectivity index (χ3v) is 4.28. The Kier molecular flexibility index (Phi) is 4.50. The minimum Gasteiger partial charge on any atom is -0.206 e. The van der Waals surface area contributed by atoms with Crippen LogP contribution in [0.2, 0.25) is 0 Å². The van der Waals surface area contributed by atoms with Gasteiger partial charge >= 0.3 is 0 Å². The van der Waals surface area contributed by atoms with Gasteiger partial charge in [0.05, 0.1) is 0 Å². The first-order valence-electron chi connectivity index (χ1n) is 7.03. The van der Waals surface area contributed by atoms with E-state index in [0.29, 0.717) is 5.56 Å². The zero-order valence-electron chi connectivity index (χ0n) is 11.8. The standard InChI is InChI=1S/C20H14BrF/c21-20(17-13-7-8-14-18(17)22)19(15-9-3-1-4-10-15)16-11-5-2-6-12-16/h1-14H. The Bertz CT molecular complexity index is 751. The fourth-order valence-corrected chi connectivity index (χ4v) is 3.18. The third kappa shape index (κ3) is 3.02. The molecule has 0 radical (unpaired) electrons. The van der Waals surface area contributed by atoms with Crippen molar-refractivity contribution in [3.05, 3.63) is 107 Å². The summed E-state index contributed by atoms with van der Waals surface area (Å²) in [5, 5.41) is 0. The van der Waals surface area contributed by atoms with Gasteiger partial charge in [0.25, 0.3) is 0 Å². The largest absolute Gasteiger partial charge is 0.206 e. The maximum atomic E-state index is 14.2. The first kappa shape index (κ1) is 14.7. The fraction of sp³-hybridized carbons (Fsp3) is 0. The van der Waals surface area contributed by atoms with Gasteiger partial charge in [0.2, 0.25) is 0 Å². The lowest BCUT2D eigenvalue weighted by molar-refractivity contribution is 0.625. The van der Waals surface area contributed by atoms with Crippen LogP contribution < -0.4 is 0 Å². The molecule has 3 aromatic rings. The second kappa shape index (κ2) is 6.71. The van der Waals surface area contributed by atoms with E-state index in [2.05, 4.69) is 15.9 Å². The number of benzene rings is 3. The van der Waals surface area contributed by atoms with Gasteiger partial charge in [-0.3, -0.25) is 0 Å². The van der Waals surface area contributed by atoms with Crippen LogP contribution >= 0.6 is 15.9 Å².